The van der Waals surface area contributed by atoms with Gasteiger partial charge in [0.1, 0.15) is 0 Å². The van der Waals surface area contributed by atoms with Gasteiger partial charge in [-0.2, -0.15) is 5.10 Å². The Labute approximate surface area is 80.0 Å². The van der Waals surface area contributed by atoms with E-state index in [1.165, 1.54) is 6.20 Å². The molecule has 0 saturated carbocycles. The van der Waals surface area contributed by atoms with Crippen molar-refractivity contribution in [3.05, 3.63) is 36.4 Å². The predicted octanol–water partition coefficient (Wildman–Crippen LogP) is 0.571. The normalized spacial score (nSPS) is 10.0. The lowest BCUT2D eigenvalue weighted by molar-refractivity contribution is 0.1000. The summed E-state index contributed by atoms with van der Waals surface area (Å²) in [6, 6.07) is 1.68. The number of nitrogens with two attached hydrogens (primary N) is 1. The van der Waals surface area contributed by atoms with Gasteiger partial charge in [0.25, 0.3) is 0 Å². The molecule has 70 valence electrons. The Kier molecular flexibility index (Phi) is 1.98. The maximum absolute atomic E-state index is 10.9. The second kappa shape index (κ2) is 3.29. The van der Waals surface area contributed by atoms with E-state index in [1.807, 2.05) is 0 Å². The summed E-state index contributed by atoms with van der Waals surface area (Å²) in [6.07, 6.45) is 6.47. The molecular weight excluding hydrogens is 180 g/mol. The van der Waals surface area contributed by atoms with Crippen LogP contribution in [0.15, 0.2) is 30.9 Å². The highest BCUT2D eigenvalue weighted by Crippen LogP contribution is 2.16. The van der Waals surface area contributed by atoms with Gasteiger partial charge in [-0.15, -0.1) is 0 Å². The average molecular weight is 188 g/mol. The summed E-state index contributed by atoms with van der Waals surface area (Å²) in [5.74, 6) is -0.483. The minimum absolute atomic E-state index is 0.392. The van der Waals surface area contributed by atoms with E-state index in [0.717, 1.165) is 11.1 Å². The molecule has 2 aromatic rings. The largest absolute Gasteiger partial charge is 0.366 e. The molecule has 2 rings (SSSR count). The van der Waals surface area contributed by atoms with E-state index in [-0.39, 0.29) is 0 Å². The van der Waals surface area contributed by atoms with E-state index in [9.17, 15) is 4.79 Å². The smallest absolute Gasteiger partial charge is 0.250 e. The van der Waals surface area contributed by atoms with Crippen LogP contribution in [0, 0.1) is 0 Å². The first kappa shape index (κ1) is 8.43. The Morgan fingerprint density at radius 1 is 1.29 bits per heavy atom. The third-order valence-electron chi connectivity index (χ3n) is 1.85. The molecule has 0 spiro atoms. The number of aromatic amines is 1. The van der Waals surface area contributed by atoms with Crippen LogP contribution in [0.4, 0.5) is 0 Å². The second-order valence-electron chi connectivity index (χ2n) is 2.81. The molecule has 14 heavy (non-hydrogen) atoms. The number of nitrogens with one attached hydrogen (secondary N) is 1. The molecular formula is C9H8N4O. The lowest BCUT2D eigenvalue weighted by Gasteiger charge is -1.98. The number of hydrogen-bond acceptors (Lipinski definition) is 3. The standard InChI is InChI=1S/C9H8N4O/c10-9(14)7-1-6(2-11-3-7)8-4-12-13-5-8/h1-5H,(H2,10,14)(H,12,13). The second-order valence-corrected chi connectivity index (χ2v) is 2.81. The SMILES string of the molecule is NC(=O)c1cncc(-c2cn[nH]c2)c1. The Morgan fingerprint density at radius 3 is 2.79 bits per heavy atom. The van der Waals surface area contributed by atoms with Crippen LogP contribution in [0.2, 0.25) is 0 Å². The van der Waals surface area contributed by atoms with Gasteiger partial charge in [0.05, 0.1) is 11.8 Å². The first-order chi connectivity index (χ1) is 6.77. The summed E-state index contributed by atoms with van der Waals surface area (Å²) in [6.45, 7) is 0. The molecule has 0 saturated heterocycles. The molecule has 3 N–H and O–H groups in total. The zero-order chi connectivity index (χ0) is 9.97. The van der Waals surface area contributed by atoms with E-state index >= 15 is 0 Å². The molecule has 0 aromatic carbocycles. The summed E-state index contributed by atoms with van der Waals surface area (Å²) in [5.41, 5.74) is 7.22. The number of carbonyl (C=O) groups is 1. The van der Waals surface area contributed by atoms with Gasteiger partial charge in [-0.1, -0.05) is 0 Å². The number of primary amides is 1. The average Bonchev–Trinajstić information content (AvgIpc) is 2.71. The number of pyridine rings is 1. The number of H-pyrrole nitrogens is 1. The number of aromatic nitrogens is 3. The maximum Gasteiger partial charge on any atom is 0.250 e. The first-order valence-corrected chi connectivity index (χ1v) is 4.01. The van der Waals surface area contributed by atoms with Crippen molar-refractivity contribution in [1.29, 1.82) is 0 Å². The van der Waals surface area contributed by atoms with Gasteiger partial charge in [-0.3, -0.25) is 14.9 Å². The van der Waals surface area contributed by atoms with Crippen LogP contribution >= 0.6 is 0 Å². The quantitative estimate of drug-likeness (QED) is 0.722. The summed E-state index contributed by atoms with van der Waals surface area (Å²) in [7, 11) is 0. The molecule has 0 aliphatic rings. The summed E-state index contributed by atoms with van der Waals surface area (Å²) < 4.78 is 0. The van der Waals surface area contributed by atoms with E-state index in [2.05, 4.69) is 15.2 Å². The Morgan fingerprint density at radius 2 is 2.14 bits per heavy atom. The number of hydrogen-bond donors (Lipinski definition) is 2. The minimum atomic E-state index is -0.483. The van der Waals surface area contributed by atoms with Gasteiger partial charge in [0, 0.05) is 29.7 Å². The number of nitrogens with zero attached hydrogens (tertiary/aromatic N) is 2. The molecule has 5 nitrogen and oxygen atoms in total. The van der Waals surface area contributed by atoms with Crippen LogP contribution in [0.3, 0.4) is 0 Å². The summed E-state index contributed by atoms with van der Waals surface area (Å²) in [4.78, 5) is 14.8. The molecule has 2 aromatic heterocycles. The van der Waals surface area contributed by atoms with E-state index in [1.54, 1.807) is 24.7 Å². The van der Waals surface area contributed by atoms with Gasteiger partial charge in [-0.05, 0) is 6.07 Å². The van der Waals surface area contributed by atoms with Crippen molar-refractivity contribution in [2.75, 3.05) is 0 Å². The van der Waals surface area contributed by atoms with E-state index in [4.69, 9.17) is 5.73 Å². The molecule has 0 bridgehead atoms. The molecule has 0 atom stereocenters. The summed E-state index contributed by atoms with van der Waals surface area (Å²) in [5, 5.41) is 6.49. The molecule has 2 heterocycles. The van der Waals surface area contributed by atoms with Crippen molar-refractivity contribution in [2.24, 2.45) is 5.73 Å². The number of carbonyl (C=O) groups excluding carboxylic acids is 1. The van der Waals surface area contributed by atoms with Gasteiger partial charge >= 0.3 is 0 Å². The third-order valence-corrected chi connectivity index (χ3v) is 1.85. The number of amides is 1. The van der Waals surface area contributed by atoms with Crippen LogP contribution < -0.4 is 5.73 Å². The monoisotopic (exact) mass is 188 g/mol. The van der Waals surface area contributed by atoms with E-state index in [0.29, 0.717) is 5.56 Å². The highest BCUT2D eigenvalue weighted by atomic mass is 16.1. The van der Waals surface area contributed by atoms with Crippen molar-refractivity contribution in [3.63, 3.8) is 0 Å². The van der Waals surface area contributed by atoms with Crippen LogP contribution in [0.25, 0.3) is 11.1 Å². The molecule has 0 unspecified atom stereocenters. The van der Waals surface area contributed by atoms with Crippen LogP contribution in [-0.4, -0.2) is 21.1 Å². The Bertz CT molecular complexity index is 450. The van der Waals surface area contributed by atoms with E-state index < -0.39 is 5.91 Å². The van der Waals surface area contributed by atoms with Crippen LogP contribution in [-0.2, 0) is 0 Å². The fraction of sp³-hybridized carbons (Fsp3) is 0. The molecule has 0 aliphatic carbocycles. The first-order valence-electron chi connectivity index (χ1n) is 4.01. The lowest BCUT2D eigenvalue weighted by Crippen LogP contribution is -2.11. The van der Waals surface area contributed by atoms with Crippen molar-refractivity contribution in [1.82, 2.24) is 15.2 Å². The van der Waals surface area contributed by atoms with Crippen molar-refractivity contribution in [3.8, 4) is 11.1 Å². The van der Waals surface area contributed by atoms with Gasteiger partial charge < -0.3 is 5.73 Å². The molecule has 0 fully saturated rings. The summed E-state index contributed by atoms with van der Waals surface area (Å²) >= 11 is 0. The lowest BCUT2D eigenvalue weighted by atomic mass is 10.1. The van der Waals surface area contributed by atoms with Gasteiger partial charge in [0.2, 0.25) is 5.91 Å². The van der Waals surface area contributed by atoms with Crippen LogP contribution in [0.1, 0.15) is 10.4 Å². The fourth-order valence-electron chi connectivity index (χ4n) is 1.14. The highest BCUT2D eigenvalue weighted by molar-refractivity contribution is 5.93. The Hall–Kier alpha value is -2.17. The van der Waals surface area contributed by atoms with Crippen molar-refractivity contribution in [2.45, 2.75) is 0 Å². The maximum atomic E-state index is 10.9. The zero-order valence-corrected chi connectivity index (χ0v) is 7.27. The highest BCUT2D eigenvalue weighted by Gasteiger charge is 2.04. The number of rotatable bonds is 2. The van der Waals surface area contributed by atoms with Gasteiger partial charge in [-0.25, -0.2) is 0 Å². The predicted molar refractivity (Wildman–Crippen MR) is 50.3 cm³/mol. The van der Waals surface area contributed by atoms with Crippen LogP contribution in [0.5, 0.6) is 0 Å². The van der Waals surface area contributed by atoms with Gasteiger partial charge in [0.15, 0.2) is 0 Å². The fourth-order valence-corrected chi connectivity index (χ4v) is 1.14. The molecule has 1 amide bonds. The minimum Gasteiger partial charge on any atom is -0.366 e. The zero-order valence-electron chi connectivity index (χ0n) is 7.27. The molecule has 0 radical (unpaired) electrons. The topological polar surface area (TPSA) is 84.7 Å². The van der Waals surface area contributed by atoms with Crippen molar-refractivity contribution >= 4 is 5.91 Å². The molecule has 0 aliphatic heterocycles. The van der Waals surface area contributed by atoms with Crippen molar-refractivity contribution < 1.29 is 4.79 Å². The molecule has 5 heteroatoms. The third kappa shape index (κ3) is 1.47. The Balaban J connectivity index is 2.46.